The van der Waals surface area contributed by atoms with E-state index in [4.69, 9.17) is 0 Å². The Morgan fingerprint density at radius 2 is 1.73 bits per heavy atom. The number of hydrogen-bond donors (Lipinski definition) is 2. The van der Waals surface area contributed by atoms with Crippen molar-refractivity contribution in [1.82, 2.24) is 9.71 Å². The smallest absolute Gasteiger partial charge is 0.255 e. The number of nitrogens with zero attached hydrogens (tertiary/aromatic N) is 2. The van der Waals surface area contributed by atoms with Crippen LogP contribution in [-0.4, -0.2) is 32.4 Å². The lowest BCUT2D eigenvalue weighted by Gasteiger charge is -2.33. The Morgan fingerprint density at radius 3 is 2.33 bits per heavy atom. The lowest BCUT2D eigenvalue weighted by atomic mass is 10.1. The minimum absolute atomic E-state index is 0.140. The van der Waals surface area contributed by atoms with Crippen LogP contribution < -0.4 is 14.9 Å². The van der Waals surface area contributed by atoms with Crippen LogP contribution in [-0.2, 0) is 16.6 Å². The zero-order valence-electron chi connectivity index (χ0n) is 16.3. The topological polar surface area (TPSA) is 91.4 Å². The SMILES string of the molecule is O=C(Nc1cccnc1)c1ccc(CNS(=O)(=O)c2ccc(N3CCC3)cc2)cc1. The monoisotopic (exact) mass is 422 g/mol. The Kier molecular flexibility index (Phi) is 5.78. The summed E-state index contributed by atoms with van der Waals surface area (Å²) in [5, 5.41) is 2.76. The summed E-state index contributed by atoms with van der Waals surface area (Å²) < 4.78 is 27.7. The van der Waals surface area contributed by atoms with Crippen molar-refractivity contribution < 1.29 is 13.2 Å². The van der Waals surface area contributed by atoms with Crippen LogP contribution in [0.4, 0.5) is 11.4 Å². The molecule has 0 atom stereocenters. The summed E-state index contributed by atoms with van der Waals surface area (Å²) in [6.45, 7) is 2.17. The van der Waals surface area contributed by atoms with Gasteiger partial charge < -0.3 is 10.2 Å². The summed E-state index contributed by atoms with van der Waals surface area (Å²) in [5.74, 6) is -0.252. The molecule has 0 radical (unpaired) electrons. The van der Waals surface area contributed by atoms with Gasteiger partial charge in [0, 0.05) is 37.1 Å². The largest absolute Gasteiger partial charge is 0.371 e. The molecule has 8 heteroatoms. The van der Waals surface area contributed by atoms with Gasteiger partial charge in [-0.1, -0.05) is 12.1 Å². The van der Waals surface area contributed by atoms with Gasteiger partial charge in [-0.05, 0) is 60.5 Å². The third-order valence-electron chi connectivity index (χ3n) is 4.97. The second-order valence-corrected chi connectivity index (χ2v) is 8.82. The van der Waals surface area contributed by atoms with E-state index in [2.05, 4.69) is 19.9 Å². The summed E-state index contributed by atoms with van der Waals surface area (Å²) in [6, 6.07) is 17.2. The molecule has 1 saturated heterocycles. The van der Waals surface area contributed by atoms with Gasteiger partial charge in [-0.2, -0.15) is 0 Å². The predicted octanol–water partition coefficient (Wildman–Crippen LogP) is 3.02. The minimum atomic E-state index is -3.61. The first-order valence-corrected chi connectivity index (χ1v) is 11.1. The molecule has 4 rings (SSSR count). The van der Waals surface area contributed by atoms with E-state index in [0.717, 1.165) is 24.3 Å². The van der Waals surface area contributed by atoms with Crippen LogP contribution in [0.25, 0.3) is 0 Å². The van der Waals surface area contributed by atoms with E-state index in [9.17, 15) is 13.2 Å². The molecule has 0 saturated carbocycles. The number of anilines is 2. The molecular weight excluding hydrogens is 400 g/mol. The fourth-order valence-electron chi connectivity index (χ4n) is 3.09. The van der Waals surface area contributed by atoms with Crippen molar-refractivity contribution in [1.29, 1.82) is 0 Å². The number of hydrogen-bond acceptors (Lipinski definition) is 5. The van der Waals surface area contributed by atoms with Crippen LogP contribution >= 0.6 is 0 Å². The maximum Gasteiger partial charge on any atom is 0.255 e. The first kappa shape index (κ1) is 20.1. The number of rotatable bonds is 7. The van der Waals surface area contributed by atoms with Crippen LogP contribution in [0, 0.1) is 0 Å². The van der Waals surface area contributed by atoms with Crippen molar-refractivity contribution in [2.24, 2.45) is 0 Å². The highest BCUT2D eigenvalue weighted by molar-refractivity contribution is 7.89. The van der Waals surface area contributed by atoms with Gasteiger partial charge in [0.1, 0.15) is 0 Å². The molecule has 1 aromatic heterocycles. The van der Waals surface area contributed by atoms with Gasteiger partial charge in [-0.25, -0.2) is 13.1 Å². The molecule has 0 unspecified atom stereocenters. The van der Waals surface area contributed by atoms with Crippen LogP contribution in [0.15, 0.2) is 78.0 Å². The van der Waals surface area contributed by atoms with Crippen LogP contribution in [0.2, 0.25) is 0 Å². The summed E-state index contributed by atoms with van der Waals surface area (Å²) in [4.78, 5) is 18.7. The minimum Gasteiger partial charge on any atom is -0.371 e. The van der Waals surface area contributed by atoms with E-state index >= 15 is 0 Å². The van der Waals surface area contributed by atoms with Crippen LogP contribution in [0.1, 0.15) is 22.3 Å². The van der Waals surface area contributed by atoms with E-state index in [1.165, 1.54) is 6.42 Å². The van der Waals surface area contributed by atoms with Gasteiger partial charge in [0.05, 0.1) is 16.8 Å². The first-order chi connectivity index (χ1) is 14.5. The zero-order chi connectivity index (χ0) is 21.0. The number of sulfonamides is 1. The quantitative estimate of drug-likeness (QED) is 0.611. The zero-order valence-corrected chi connectivity index (χ0v) is 17.1. The Morgan fingerprint density at radius 1 is 1.00 bits per heavy atom. The third-order valence-corrected chi connectivity index (χ3v) is 6.39. The molecule has 30 heavy (non-hydrogen) atoms. The summed E-state index contributed by atoms with van der Waals surface area (Å²) in [5.41, 5.74) is 2.89. The lowest BCUT2D eigenvalue weighted by Crippen LogP contribution is -2.36. The van der Waals surface area contributed by atoms with E-state index in [0.29, 0.717) is 11.3 Å². The molecule has 0 aliphatic carbocycles. The number of benzene rings is 2. The van der Waals surface area contributed by atoms with Gasteiger partial charge in [0.15, 0.2) is 0 Å². The number of carbonyl (C=O) groups is 1. The molecule has 2 N–H and O–H groups in total. The second-order valence-electron chi connectivity index (χ2n) is 7.05. The van der Waals surface area contributed by atoms with Crippen molar-refractivity contribution in [2.75, 3.05) is 23.3 Å². The summed E-state index contributed by atoms with van der Waals surface area (Å²) in [6.07, 6.45) is 4.37. The van der Waals surface area contributed by atoms with Crippen molar-refractivity contribution in [3.05, 3.63) is 84.2 Å². The fourth-order valence-corrected chi connectivity index (χ4v) is 4.10. The molecule has 0 spiro atoms. The Hall–Kier alpha value is -3.23. The predicted molar refractivity (Wildman–Crippen MR) is 116 cm³/mol. The summed E-state index contributed by atoms with van der Waals surface area (Å²) in [7, 11) is -3.61. The van der Waals surface area contributed by atoms with Gasteiger partial charge in [0.25, 0.3) is 5.91 Å². The maximum absolute atomic E-state index is 12.6. The lowest BCUT2D eigenvalue weighted by molar-refractivity contribution is 0.102. The molecule has 2 heterocycles. The van der Waals surface area contributed by atoms with E-state index in [1.54, 1.807) is 60.9 Å². The van der Waals surface area contributed by atoms with Crippen LogP contribution in [0.5, 0.6) is 0 Å². The van der Waals surface area contributed by atoms with Gasteiger partial charge >= 0.3 is 0 Å². The molecule has 1 aliphatic rings. The molecule has 1 aliphatic heterocycles. The number of amides is 1. The highest BCUT2D eigenvalue weighted by Gasteiger charge is 2.17. The number of pyridine rings is 1. The van der Waals surface area contributed by atoms with E-state index in [-0.39, 0.29) is 17.3 Å². The molecule has 154 valence electrons. The van der Waals surface area contributed by atoms with Gasteiger partial charge in [-0.3, -0.25) is 9.78 Å². The molecule has 1 amide bonds. The van der Waals surface area contributed by atoms with E-state index in [1.807, 2.05) is 12.1 Å². The molecule has 1 fully saturated rings. The number of carbonyl (C=O) groups excluding carboxylic acids is 1. The van der Waals surface area contributed by atoms with Crippen molar-refractivity contribution in [2.45, 2.75) is 17.9 Å². The third kappa shape index (κ3) is 4.67. The molecular formula is C22H22N4O3S. The maximum atomic E-state index is 12.6. The molecule has 7 nitrogen and oxygen atoms in total. The molecule has 0 bridgehead atoms. The van der Waals surface area contributed by atoms with E-state index < -0.39 is 10.0 Å². The highest BCUT2D eigenvalue weighted by atomic mass is 32.2. The molecule has 2 aromatic carbocycles. The van der Waals surface area contributed by atoms with Crippen LogP contribution in [0.3, 0.4) is 0 Å². The first-order valence-electron chi connectivity index (χ1n) is 9.66. The number of aromatic nitrogens is 1. The Labute approximate surface area is 175 Å². The second kappa shape index (κ2) is 8.64. The standard InChI is InChI=1S/C22H22N4O3S/c27-22(25-19-3-1-12-23-16-19)18-6-4-17(5-7-18)15-24-30(28,29)21-10-8-20(9-11-21)26-13-2-14-26/h1,3-12,16,24H,2,13-15H2,(H,25,27). The van der Waals surface area contributed by atoms with Crippen molar-refractivity contribution in [3.8, 4) is 0 Å². The molecule has 3 aromatic rings. The highest BCUT2D eigenvalue weighted by Crippen LogP contribution is 2.22. The fraction of sp³-hybridized carbons (Fsp3) is 0.182. The number of nitrogens with one attached hydrogen (secondary N) is 2. The van der Waals surface area contributed by atoms with Crippen molar-refractivity contribution in [3.63, 3.8) is 0 Å². The van der Waals surface area contributed by atoms with Crippen molar-refractivity contribution >= 4 is 27.3 Å². The van der Waals surface area contributed by atoms with Gasteiger partial charge in [0.2, 0.25) is 10.0 Å². The van der Waals surface area contributed by atoms with Gasteiger partial charge in [-0.15, -0.1) is 0 Å². The summed E-state index contributed by atoms with van der Waals surface area (Å²) >= 11 is 0. The average molecular weight is 423 g/mol. The average Bonchev–Trinajstić information content (AvgIpc) is 2.73. The Bertz CT molecular complexity index is 1110. The Balaban J connectivity index is 1.35. The normalized spacial score (nSPS) is 13.5.